The highest BCUT2D eigenvalue weighted by Gasteiger charge is 2.61. The fraction of sp³-hybridized carbons (Fsp3) is 0.952. The van der Waals surface area contributed by atoms with Crippen LogP contribution in [0.3, 0.4) is 0 Å². The van der Waals surface area contributed by atoms with Gasteiger partial charge in [-0.1, -0.05) is 13.8 Å². The Bertz CT molecular complexity index is 642. The van der Waals surface area contributed by atoms with E-state index in [1.165, 1.54) is 0 Å². The Morgan fingerprint density at radius 1 is 1.07 bits per heavy atom. The van der Waals surface area contributed by atoms with Crippen molar-refractivity contribution in [2.75, 3.05) is 13.2 Å². The topological polar surface area (TPSA) is 146 Å². The maximum atomic E-state index is 12.2. The van der Waals surface area contributed by atoms with Gasteiger partial charge in [0.2, 0.25) is 0 Å². The van der Waals surface area contributed by atoms with Gasteiger partial charge in [0.1, 0.15) is 30.5 Å². The number of aliphatic hydroxyl groups excluding tert-OH is 5. The Balaban J connectivity index is 1.57. The molecular weight excluding hydrogens is 396 g/mol. The molecule has 0 aromatic heterocycles. The minimum Gasteiger partial charge on any atom is -0.462 e. The van der Waals surface area contributed by atoms with Gasteiger partial charge in [-0.3, -0.25) is 4.79 Å². The summed E-state index contributed by atoms with van der Waals surface area (Å²) < 4.78 is 17.5. The predicted molar refractivity (Wildman–Crippen MR) is 102 cm³/mol. The molecule has 5 N–H and O–H groups in total. The normalized spacial score (nSPS) is 53.7. The van der Waals surface area contributed by atoms with Crippen molar-refractivity contribution in [3.05, 3.63) is 0 Å². The van der Waals surface area contributed by atoms with E-state index in [0.29, 0.717) is 12.8 Å². The summed E-state index contributed by atoms with van der Waals surface area (Å²) in [6.07, 6.45) is -4.38. The van der Waals surface area contributed by atoms with Crippen LogP contribution in [0.2, 0.25) is 0 Å². The van der Waals surface area contributed by atoms with Gasteiger partial charge in [0.15, 0.2) is 6.29 Å². The van der Waals surface area contributed by atoms with Crippen molar-refractivity contribution in [3.8, 4) is 0 Å². The zero-order valence-corrected chi connectivity index (χ0v) is 17.5. The number of hydrogen-bond donors (Lipinski definition) is 5. The van der Waals surface area contributed by atoms with Gasteiger partial charge in [0.25, 0.3) is 0 Å². The zero-order chi connectivity index (χ0) is 21.8. The lowest BCUT2D eigenvalue weighted by Crippen LogP contribution is -2.62. The van der Waals surface area contributed by atoms with E-state index in [1.807, 2.05) is 6.92 Å². The Morgan fingerprint density at radius 2 is 1.80 bits per heavy atom. The van der Waals surface area contributed by atoms with Gasteiger partial charge in [-0.15, -0.1) is 0 Å². The van der Waals surface area contributed by atoms with Gasteiger partial charge in [-0.25, -0.2) is 0 Å². The second-order valence-electron chi connectivity index (χ2n) is 9.77. The fourth-order valence-electron chi connectivity index (χ4n) is 6.39. The number of carbonyl (C=O) groups is 1. The molecule has 4 fully saturated rings. The molecule has 2 heterocycles. The van der Waals surface area contributed by atoms with E-state index < -0.39 is 42.7 Å². The molecule has 2 aliphatic carbocycles. The summed E-state index contributed by atoms with van der Waals surface area (Å²) in [5, 5.41) is 50.0. The largest absolute Gasteiger partial charge is 0.462 e. The third kappa shape index (κ3) is 3.39. The Morgan fingerprint density at radius 3 is 2.47 bits per heavy atom. The molecule has 2 aliphatic heterocycles. The number of aliphatic hydroxyl groups is 5. The van der Waals surface area contributed by atoms with Crippen LogP contribution in [-0.4, -0.2) is 87.6 Å². The Kier molecular flexibility index (Phi) is 6.17. The molecule has 0 aromatic rings. The van der Waals surface area contributed by atoms with Crippen LogP contribution in [-0.2, 0) is 19.0 Å². The van der Waals surface area contributed by atoms with Crippen molar-refractivity contribution in [2.24, 2.45) is 29.1 Å². The van der Waals surface area contributed by atoms with Crippen LogP contribution in [0, 0.1) is 29.1 Å². The van der Waals surface area contributed by atoms with Gasteiger partial charge >= 0.3 is 5.97 Å². The summed E-state index contributed by atoms with van der Waals surface area (Å²) in [7, 11) is 0. The second kappa shape index (κ2) is 8.27. The molecule has 12 unspecified atom stereocenters. The molecule has 0 radical (unpaired) electrons. The number of esters is 1. The number of rotatable bonds is 4. The molecule has 172 valence electrons. The van der Waals surface area contributed by atoms with Gasteiger partial charge in [-0.2, -0.15) is 0 Å². The van der Waals surface area contributed by atoms with Gasteiger partial charge in [0.05, 0.1) is 18.6 Å². The van der Waals surface area contributed by atoms with Crippen molar-refractivity contribution in [1.29, 1.82) is 0 Å². The van der Waals surface area contributed by atoms with Crippen LogP contribution in [0.25, 0.3) is 0 Å². The van der Waals surface area contributed by atoms with Gasteiger partial charge in [-0.05, 0) is 31.6 Å². The first-order chi connectivity index (χ1) is 14.2. The number of carbonyl (C=O) groups excluding carboxylic acids is 1. The molecule has 2 saturated carbocycles. The minimum absolute atomic E-state index is 0.00216. The molecule has 0 aromatic carbocycles. The van der Waals surface area contributed by atoms with Gasteiger partial charge < -0.3 is 39.7 Å². The zero-order valence-electron chi connectivity index (χ0n) is 17.5. The van der Waals surface area contributed by atoms with Crippen molar-refractivity contribution >= 4 is 5.97 Å². The first kappa shape index (κ1) is 22.4. The average Bonchev–Trinajstić information content (AvgIpc) is 3.02. The minimum atomic E-state index is -1.49. The van der Waals surface area contributed by atoms with E-state index in [9.17, 15) is 30.3 Å². The maximum absolute atomic E-state index is 12.2. The molecule has 4 rings (SSSR count). The highest BCUT2D eigenvalue weighted by molar-refractivity contribution is 5.75. The smallest absolute Gasteiger partial charge is 0.309 e. The molecule has 4 aliphatic rings. The van der Waals surface area contributed by atoms with Crippen LogP contribution in [0.15, 0.2) is 0 Å². The standard InChI is InChI=1S/C21H34O9/c1-9-11-5-6-21(2)13(4-3-10(7-22)14(21)18(11)30-19(9)27)29-20-17(26)16(25)15(24)12(8-23)28-20/h9-18,20,22-26H,3-8H2,1-2H3. The van der Waals surface area contributed by atoms with E-state index >= 15 is 0 Å². The SMILES string of the molecule is CC1C(=O)OC2C1CCC1(C)C(OC3OC(CO)C(O)C(O)C3O)CCC(CO)C21. The van der Waals surface area contributed by atoms with Crippen LogP contribution < -0.4 is 0 Å². The Labute approximate surface area is 175 Å². The first-order valence-corrected chi connectivity index (χ1v) is 11.0. The summed E-state index contributed by atoms with van der Waals surface area (Å²) in [5.74, 6) is -0.335. The molecule has 12 atom stereocenters. The average molecular weight is 430 g/mol. The summed E-state index contributed by atoms with van der Waals surface area (Å²) in [5.41, 5.74) is -0.421. The lowest BCUT2D eigenvalue weighted by atomic mass is 9.52. The summed E-state index contributed by atoms with van der Waals surface area (Å²) >= 11 is 0. The maximum Gasteiger partial charge on any atom is 0.309 e. The van der Waals surface area contributed by atoms with Crippen LogP contribution in [0.5, 0.6) is 0 Å². The molecule has 9 nitrogen and oxygen atoms in total. The molecule has 0 amide bonds. The van der Waals surface area contributed by atoms with E-state index in [0.717, 1.165) is 12.8 Å². The third-order valence-corrected chi connectivity index (χ3v) is 8.24. The molecular formula is C21H34O9. The summed E-state index contributed by atoms with van der Waals surface area (Å²) in [6.45, 7) is 3.46. The van der Waals surface area contributed by atoms with E-state index in [1.54, 1.807) is 0 Å². The van der Waals surface area contributed by atoms with Crippen LogP contribution in [0.1, 0.15) is 39.5 Å². The highest BCUT2D eigenvalue weighted by Crippen LogP contribution is 2.58. The predicted octanol–water partition coefficient (Wildman–Crippen LogP) is -0.832. The summed E-state index contributed by atoms with van der Waals surface area (Å²) in [6, 6.07) is 0. The number of fused-ring (bicyclic) bond motifs is 3. The quantitative estimate of drug-likeness (QED) is 0.361. The molecule has 0 spiro atoms. The van der Waals surface area contributed by atoms with E-state index in [4.69, 9.17) is 14.2 Å². The van der Waals surface area contributed by atoms with Gasteiger partial charge in [0, 0.05) is 23.9 Å². The van der Waals surface area contributed by atoms with E-state index in [2.05, 4.69) is 6.92 Å². The second-order valence-corrected chi connectivity index (χ2v) is 9.77. The molecule has 0 bridgehead atoms. The lowest BCUT2D eigenvalue weighted by Gasteiger charge is -2.57. The first-order valence-electron chi connectivity index (χ1n) is 11.0. The van der Waals surface area contributed by atoms with Crippen LogP contribution >= 0.6 is 0 Å². The van der Waals surface area contributed by atoms with Crippen molar-refractivity contribution in [2.45, 2.75) is 82.4 Å². The lowest BCUT2D eigenvalue weighted by molar-refractivity contribution is -0.329. The molecule has 2 saturated heterocycles. The molecule has 9 heteroatoms. The van der Waals surface area contributed by atoms with Crippen LogP contribution in [0.4, 0.5) is 0 Å². The number of hydrogen-bond acceptors (Lipinski definition) is 9. The third-order valence-electron chi connectivity index (χ3n) is 8.24. The van der Waals surface area contributed by atoms with Crippen molar-refractivity contribution in [1.82, 2.24) is 0 Å². The Hall–Kier alpha value is -0.810. The van der Waals surface area contributed by atoms with E-state index in [-0.39, 0.29) is 48.5 Å². The highest BCUT2D eigenvalue weighted by atomic mass is 16.7. The molecule has 30 heavy (non-hydrogen) atoms. The summed E-state index contributed by atoms with van der Waals surface area (Å²) in [4.78, 5) is 12.2. The monoisotopic (exact) mass is 430 g/mol. The van der Waals surface area contributed by atoms with Crippen molar-refractivity contribution < 1.29 is 44.5 Å². The fourth-order valence-corrected chi connectivity index (χ4v) is 6.39. The van der Waals surface area contributed by atoms with Crippen molar-refractivity contribution in [3.63, 3.8) is 0 Å². The number of ether oxygens (including phenoxy) is 3.